The summed E-state index contributed by atoms with van der Waals surface area (Å²) >= 11 is 1.76. The van der Waals surface area contributed by atoms with E-state index in [9.17, 15) is 0 Å². The maximum atomic E-state index is 4.50. The van der Waals surface area contributed by atoms with Gasteiger partial charge in [0.15, 0.2) is 5.96 Å². The first-order valence-corrected chi connectivity index (χ1v) is 10.3. The highest BCUT2D eigenvalue weighted by atomic mass is 127. The zero-order valence-corrected chi connectivity index (χ0v) is 20.0. The summed E-state index contributed by atoms with van der Waals surface area (Å²) in [6.07, 6.45) is 4.46. The summed E-state index contributed by atoms with van der Waals surface area (Å²) in [4.78, 5) is 15.1. The molecule has 3 rings (SSSR count). The van der Waals surface area contributed by atoms with Crippen LogP contribution in [0.5, 0.6) is 0 Å². The van der Waals surface area contributed by atoms with Gasteiger partial charge in [0, 0.05) is 44.6 Å². The van der Waals surface area contributed by atoms with E-state index in [1.165, 1.54) is 10.4 Å². The summed E-state index contributed by atoms with van der Waals surface area (Å²) in [6, 6.07) is 10.5. The Bertz CT molecular complexity index is 779. The molecule has 7 heteroatoms. The molecule has 0 aliphatic carbocycles. The number of piperazine rings is 1. The van der Waals surface area contributed by atoms with Gasteiger partial charge in [-0.25, -0.2) is 4.98 Å². The van der Waals surface area contributed by atoms with Crippen molar-refractivity contribution in [3.63, 3.8) is 0 Å². The number of rotatable bonds is 5. The summed E-state index contributed by atoms with van der Waals surface area (Å²) in [5, 5.41) is 4.62. The van der Waals surface area contributed by atoms with E-state index >= 15 is 0 Å². The van der Waals surface area contributed by atoms with Crippen LogP contribution >= 0.6 is 35.3 Å². The minimum Gasteiger partial charge on any atom is -0.351 e. The Morgan fingerprint density at radius 3 is 2.50 bits per heavy atom. The lowest BCUT2D eigenvalue weighted by atomic mass is 10.2. The number of halogens is 1. The molecule has 1 N–H and O–H groups in total. The van der Waals surface area contributed by atoms with Crippen molar-refractivity contribution in [2.75, 3.05) is 39.8 Å². The molecule has 1 saturated heterocycles. The molecule has 0 unspecified atom stereocenters. The topological polar surface area (TPSA) is 43.8 Å². The number of aliphatic imine (C=N–C) groups is 1. The standard InChI is InChI=1S/C21H29N5S.HI/c1-17-20(27-18(2)24-17)16-23-21(22-3)26-14-12-25(13-15-26)11-7-10-19-8-5-4-6-9-19;/h4-10H,11-16H2,1-3H3,(H,22,23);1H/b10-7+;. The van der Waals surface area contributed by atoms with Gasteiger partial charge in [-0.15, -0.1) is 35.3 Å². The normalized spacial score (nSPS) is 15.7. The fourth-order valence-corrected chi connectivity index (χ4v) is 4.15. The van der Waals surface area contributed by atoms with Crippen LogP contribution in [0, 0.1) is 13.8 Å². The van der Waals surface area contributed by atoms with Crippen molar-refractivity contribution in [1.29, 1.82) is 0 Å². The van der Waals surface area contributed by atoms with Crippen LogP contribution in [0.1, 0.15) is 21.1 Å². The van der Waals surface area contributed by atoms with E-state index in [0.717, 1.165) is 55.9 Å². The maximum absolute atomic E-state index is 4.50. The monoisotopic (exact) mass is 511 g/mol. The Labute approximate surface area is 189 Å². The van der Waals surface area contributed by atoms with Crippen molar-refractivity contribution in [1.82, 2.24) is 20.1 Å². The lowest BCUT2D eigenvalue weighted by Crippen LogP contribution is -2.52. The third kappa shape index (κ3) is 6.56. The quantitative estimate of drug-likeness (QED) is 0.377. The first kappa shape index (κ1) is 22.8. The lowest BCUT2D eigenvalue weighted by molar-refractivity contribution is 0.194. The molecular formula is C21H30IN5S. The fraction of sp³-hybridized carbons (Fsp3) is 0.429. The molecule has 5 nitrogen and oxygen atoms in total. The summed E-state index contributed by atoms with van der Waals surface area (Å²) in [5.74, 6) is 0.986. The van der Waals surface area contributed by atoms with Crippen LogP contribution < -0.4 is 5.32 Å². The first-order valence-electron chi connectivity index (χ1n) is 9.48. The van der Waals surface area contributed by atoms with Crippen LogP contribution in [0.2, 0.25) is 0 Å². The second-order valence-electron chi connectivity index (χ2n) is 6.74. The van der Waals surface area contributed by atoms with E-state index in [2.05, 4.69) is 81.4 Å². The zero-order valence-electron chi connectivity index (χ0n) is 16.9. The molecular weight excluding hydrogens is 481 g/mol. The van der Waals surface area contributed by atoms with Crippen LogP contribution in [-0.2, 0) is 6.54 Å². The van der Waals surface area contributed by atoms with Crippen LogP contribution in [0.15, 0.2) is 41.4 Å². The number of aryl methyl sites for hydroxylation is 2. The smallest absolute Gasteiger partial charge is 0.194 e. The number of benzene rings is 1. The minimum atomic E-state index is 0. The summed E-state index contributed by atoms with van der Waals surface area (Å²) in [6.45, 7) is 10.0. The molecule has 28 heavy (non-hydrogen) atoms. The van der Waals surface area contributed by atoms with Gasteiger partial charge in [-0.3, -0.25) is 9.89 Å². The van der Waals surface area contributed by atoms with Gasteiger partial charge >= 0.3 is 0 Å². The number of nitrogens with one attached hydrogen (secondary N) is 1. The molecule has 0 bridgehead atoms. The van der Waals surface area contributed by atoms with Gasteiger partial charge in [0.25, 0.3) is 0 Å². The van der Waals surface area contributed by atoms with Crippen molar-refractivity contribution in [3.8, 4) is 0 Å². The molecule has 0 amide bonds. The van der Waals surface area contributed by atoms with Gasteiger partial charge in [0.2, 0.25) is 0 Å². The predicted octanol–water partition coefficient (Wildman–Crippen LogP) is 3.78. The molecule has 1 aromatic carbocycles. The molecule has 0 atom stereocenters. The average Bonchev–Trinajstić information content (AvgIpc) is 3.01. The van der Waals surface area contributed by atoms with E-state index in [1.807, 2.05) is 7.05 Å². The molecule has 152 valence electrons. The molecule has 1 aliphatic rings. The first-order chi connectivity index (χ1) is 13.2. The second kappa shape index (κ2) is 11.5. The van der Waals surface area contributed by atoms with Crippen LogP contribution in [0.3, 0.4) is 0 Å². The summed E-state index contributed by atoms with van der Waals surface area (Å²) < 4.78 is 0. The highest BCUT2D eigenvalue weighted by Gasteiger charge is 2.19. The minimum absolute atomic E-state index is 0. The Kier molecular flexibility index (Phi) is 9.40. The number of hydrogen-bond donors (Lipinski definition) is 1. The molecule has 1 aromatic heterocycles. The number of guanidine groups is 1. The summed E-state index contributed by atoms with van der Waals surface area (Å²) in [5.41, 5.74) is 2.38. The van der Waals surface area contributed by atoms with Crippen LogP contribution in [0.4, 0.5) is 0 Å². The SMILES string of the molecule is CN=C(NCc1sc(C)nc1C)N1CCN(C/C=C/c2ccccc2)CC1.I. The van der Waals surface area contributed by atoms with E-state index in [4.69, 9.17) is 0 Å². The van der Waals surface area contributed by atoms with Gasteiger partial charge in [0.05, 0.1) is 17.2 Å². The Hall–Kier alpha value is -1.45. The van der Waals surface area contributed by atoms with Gasteiger partial charge in [-0.1, -0.05) is 42.5 Å². The van der Waals surface area contributed by atoms with Gasteiger partial charge in [0.1, 0.15) is 0 Å². The number of aromatic nitrogens is 1. The van der Waals surface area contributed by atoms with E-state index in [-0.39, 0.29) is 24.0 Å². The van der Waals surface area contributed by atoms with Gasteiger partial charge in [-0.05, 0) is 19.4 Å². The van der Waals surface area contributed by atoms with Crippen molar-refractivity contribution in [3.05, 3.63) is 57.6 Å². The molecule has 2 heterocycles. The van der Waals surface area contributed by atoms with Gasteiger partial charge < -0.3 is 10.2 Å². The van der Waals surface area contributed by atoms with Crippen molar-refractivity contribution < 1.29 is 0 Å². The third-order valence-electron chi connectivity index (χ3n) is 4.76. The van der Waals surface area contributed by atoms with Crippen molar-refractivity contribution >= 4 is 47.3 Å². The molecule has 0 saturated carbocycles. The predicted molar refractivity (Wildman–Crippen MR) is 131 cm³/mol. The molecule has 1 fully saturated rings. The van der Waals surface area contributed by atoms with Gasteiger partial charge in [-0.2, -0.15) is 0 Å². The van der Waals surface area contributed by atoms with Crippen LogP contribution in [0.25, 0.3) is 6.08 Å². The van der Waals surface area contributed by atoms with E-state index in [1.54, 1.807) is 11.3 Å². The molecule has 2 aromatic rings. The van der Waals surface area contributed by atoms with E-state index in [0.29, 0.717) is 0 Å². The third-order valence-corrected chi connectivity index (χ3v) is 5.84. The van der Waals surface area contributed by atoms with Crippen LogP contribution in [-0.4, -0.2) is 60.5 Å². The van der Waals surface area contributed by atoms with Crippen molar-refractivity contribution in [2.24, 2.45) is 4.99 Å². The highest BCUT2D eigenvalue weighted by molar-refractivity contribution is 14.0. The second-order valence-corrected chi connectivity index (χ2v) is 8.03. The Balaban J connectivity index is 0.00000280. The van der Waals surface area contributed by atoms with Crippen molar-refractivity contribution in [2.45, 2.75) is 20.4 Å². The molecule has 0 radical (unpaired) electrons. The maximum Gasteiger partial charge on any atom is 0.194 e. The number of nitrogens with zero attached hydrogens (tertiary/aromatic N) is 4. The average molecular weight is 511 g/mol. The number of hydrogen-bond acceptors (Lipinski definition) is 4. The zero-order chi connectivity index (χ0) is 19.1. The largest absolute Gasteiger partial charge is 0.351 e. The summed E-state index contributed by atoms with van der Waals surface area (Å²) in [7, 11) is 1.86. The Morgan fingerprint density at radius 1 is 1.18 bits per heavy atom. The molecule has 1 aliphatic heterocycles. The lowest BCUT2D eigenvalue weighted by Gasteiger charge is -2.36. The highest BCUT2D eigenvalue weighted by Crippen LogP contribution is 2.16. The Morgan fingerprint density at radius 2 is 1.89 bits per heavy atom. The fourth-order valence-electron chi connectivity index (χ4n) is 3.27. The molecule has 0 spiro atoms. The van der Waals surface area contributed by atoms with E-state index < -0.39 is 0 Å². The number of thiazole rings is 1.